The van der Waals surface area contributed by atoms with Gasteiger partial charge in [0.15, 0.2) is 0 Å². The molecular weight excluding hydrogens is 368 g/mol. The van der Waals surface area contributed by atoms with Crippen molar-refractivity contribution < 1.29 is 14.4 Å². The Bertz CT molecular complexity index is 952. The second-order valence-corrected chi connectivity index (χ2v) is 8.10. The first-order chi connectivity index (χ1) is 14.0. The molecule has 2 aromatic carbocycles. The highest BCUT2D eigenvalue weighted by molar-refractivity contribution is 6.08. The molecule has 152 valence electrons. The summed E-state index contributed by atoms with van der Waals surface area (Å²) in [6, 6.07) is 13.8. The third-order valence-corrected chi connectivity index (χ3v) is 5.79. The number of urea groups is 1. The molecule has 2 N–H and O–H groups in total. The predicted octanol–water partition coefficient (Wildman–Crippen LogP) is 2.56. The third-order valence-electron chi connectivity index (χ3n) is 5.79. The van der Waals surface area contributed by atoms with E-state index in [0.717, 1.165) is 35.2 Å². The molecular formula is C22H26N4O3. The zero-order chi connectivity index (χ0) is 20.4. The fraction of sp³-hybridized carbons (Fsp3) is 0.409. The number of carbonyl (C=O) groups excluding carboxylic acids is 3. The minimum atomic E-state index is -0.834. The Morgan fingerprint density at radius 3 is 2.59 bits per heavy atom. The Morgan fingerprint density at radius 2 is 1.83 bits per heavy atom. The van der Waals surface area contributed by atoms with Crippen LogP contribution in [0.4, 0.5) is 4.79 Å². The Morgan fingerprint density at radius 1 is 1.10 bits per heavy atom. The van der Waals surface area contributed by atoms with E-state index in [1.807, 2.05) is 30.1 Å². The molecule has 2 aromatic rings. The second kappa shape index (κ2) is 7.83. The molecule has 0 radical (unpaired) electrons. The van der Waals surface area contributed by atoms with E-state index in [9.17, 15) is 14.4 Å². The molecule has 2 aliphatic rings. The van der Waals surface area contributed by atoms with Crippen molar-refractivity contribution in [3.8, 4) is 0 Å². The standard InChI is InChI=1S/C22H26N4O3/c1-25(14-16-9-10-17-7-3-4-8-18(17)13-16)15-19(27)24-26-20(28)22(23-21(26)29)11-5-2-6-12-22/h3-4,7-10,13H,2,5-6,11-12,14-15H2,1H3,(H,23,29)(H,24,27). The minimum absolute atomic E-state index is 0.0802. The number of imide groups is 1. The van der Waals surface area contributed by atoms with Crippen LogP contribution in [0, 0.1) is 0 Å². The lowest BCUT2D eigenvalue weighted by molar-refractivity contribution is -0.140. The van der Waals surface area contributed by atoms with E-state index >= 15 is 0 Å². The second-order valence-electron chi connectivity index (χ2n) is 8.10. The van der Waals surface area contributed by atoms with Crippen LogP contribution in [0.5, 0.6) is 0 Å². The molecule has 1 aliphatic heterocycles. The van der Waals surface area contributed by atoms with Crippen LogP contribution in [0.15, 0.2) is 42.5 Å². The summed E-state index contributed by atoms with van der Waals surface area (Å²) in [6.45, 7) is 0.666. The van der Waals surface area contributed by atoms with Crippen LogP contribution in [0.3, 0.4) is 0 Å². The van der Waals surface area contributed by atoms with E-state index in [0.29, 0.717) is 19.4 Å². The summed E-state index contributed by atoms with van der Waals surface area (Å²) in [7, 11) is 1.84. The number of amides is 4. The average molecular weight is 394 g/mol. The maximum absolute atomic E-state index is 12.7. The number of benzene rings is 2. The highest BCUT2D eigenvalue weighted by Gasteiger charge is 2.52. The molecule has 1 spiro atoms. The van der Waals surface area contributed by atoms with Gasteiger partial charge in [0.05, 0.1) is 6.54 Å². The number of likely N-dealkylation sites (N-methyl/N-ethyl adjacent to an activating group) is 1. The van der Waals surface area contributed by atoms with Gasteiger partial charge in [0.25, 0.3) is 11.8 Å². The van der Waals surface area contributed by atoms with Crippen LogP contribution >= 0.6 is 0 Å². The summed E-state index contributed by atoms with van der Waals surface area (Å²) in [5.41, 5.74) is 2.75. The van der Waals surface area contributed by atoms with Crippen molar-refractivity contribution in [1.82, 2.24) is 20.7 Å². The topological polar surface area (TPSA) is 81.8 Å². The molecule has 0 aromatic heterocycles. The summed E-state index contributed by atoms with van der Waals surface area (Å²) in [5.74, 6) is -0.725. The fourth-order valence-electron chi connectivity index (χ4n) is 4.33. The lowest BCUT2D eigenvalue weighted by Gasteiger charge is -2.30. The molecule has 7 heteroatoms. The molecule has 1 saturated carbocycles. The molecule has 0 unspecified atom stereocenters. The highest BCUT2D eigenvalue weighted by Crippen LogP contribution is 2.32. The van der Waals surface area contributed by atoms with Gasteiger partial charge in [0.2, 0.25) is 0 Å². The summed E-state index contributed by atoms with van der Waals surface area (Å²) in [4.78, 5) is 39.3. The average Bonchev–Trinajstić information content (AvgIpc) is 2.92. The molecule has 2 fully saturated rings. The molecule has 4 amide bonds. The van der Waals surface area contributed by atoms with Gasteiger partial charge in [-0.05, 0) is 42.3 Å². The quantitative estimate of drug-likeness (QED) is 0.764. The summed E-state index contributed by atoms with van der Waals surface area (Å²) < 4.78 is 0. The van der Waals surface area contributed by atoms with Gasteiger partial charge in [-0.15, -0.1) is 0 Å². The molecule has 0 bridgehead atoms. The van der Waals surface area contributed by atoms with Crippen LogP contribution in [0.25, 0.3) is 10.8 Å². The maximum atomic E-state index is 12.7. The number of nitrogens with one attached hydrogen (secondary N) is 2. The number of hydrogen-bond donors (Lipinski definition) is 2. The van der Waals surface area contributed by atoms with E-state index in [1.165, 1.54) is 5.39 Å². The SMILES string of the molecule is CN(CC(=O)NN1C(=O)NC2(CCCCC2)C1=O)Cc1ccc2ccccc2c1. The lowest BCUT2D eigenvalue weighted by atomic mass is 9.82. The number of fused-ring (bicyclic) bond motifs is 1. The smallest absolute Gasteiger partial charge is 0.322 e. The van der Waals surface area contributed by atoms with E-state index in [1.54, 1.807) is 0 Å². The Balaban J connectivity index is 1.35. The van der Waals surface area contributed by atoms with Crippen LogP contribution in [-0.2, 0) is 16.1 Å². The molecule has 1 saturated heterocycles. The number of rotatable bonds is 5. The first-order valence-corrected chi connectivity index (χ1v) is 10.1. The van der Waals surface area contributed by atoms with Crippen molar-refractivity contribution in [3.05, 3.63) is 48.0 Å². The molecule has 4 rings (SSSR count). The van der Waals surface area contributed by atoms with Gasteiger partial charge in [0, 0.05) is 6.54 Å². The number of hydrogen-bond acceptors (Lipinski definition) is 4. The fourth-order valence-corrected chi connectivity index (χ4v) is 4.33. The van der Waals surface area contributed by atoms with Crippen molar-refractivity contribution in [2.45, 2.75) is 44.2 Å². The first kappa shape index (κ1) is 19.4. The Hall–Kier alpha value is -2.93. The van der Waals surface area contributed by atoms with Crippen LogP contribution < -0.4 is 10.7 Å². The third kappa shape index (κ3) is 3.96. The monoisotopic (exact) mass is 394 g/mol. The van der Waals surface area contributed by atoms with Gasteiger partial charge in [-0.2, -0.15) is 5.01 Å². The molecule has 1 heterocycles. The molecule has 29 heavy (non-hydrogen) atoms. The van der Waals surface area contributed by atoms with Crippen molar-refractivity contribution in [2.75, 3.05) is 13.6 Å². The Kier molecular flexibility index (Phi) is 5.24. The van der Waals surface area contributed by atoms with Gasteiger partial charge in [0.1, 0.15) is 5.54 Å². The van der Waals surface area contributed by atoms with Crippen LogP contribution in [-0.4, -0.2) is 46.9 Å². The summed E-state index contributed by atoms with van der Waals surface area (Å²) in [6.07, 6.45) is 4.14. The maximum Gasteiger partial charge on any atom is 0.344 e. The highest BCUT2D eigenvalue weighted by atomic mass is 16.2. The minimum Gasteiger partial charge on any atom is -0.322 e. The van der Waals surface area contributed by atoms with Crippen molar-refractivity contribution in [2.24, 2.45) is 0 Å². The van der Waals surface area contributed by atoms with Crippen molar-refractivity contribution in [3.63, 3.8) is 0 Å². The summed E-state index contributed by atoms with van der Waals surface area (Å²) in [5, 5.41) is 5.98. The first-order valence-electron chi connectivity index (χ1n) is 10.1. The van der Waals surface area contributed by atoms with E-state index < -0.39 is 11.6 Å². The normalized spacial score (nSPS) is 18.5. The van der Waals surface area contributed by atoms with Gasteiger partial charge >= 0.3 is 6.03 Å². The number of carbonyl (C=O) groups is 3. The van der Waals surface area contributed by atoms with E-state index in [2.05, 4.69) is 35.0 Å². The number of hydrazine groups is 1. The largest absolute Gasteiger partial charge is 0.344 e. The van der Waals surface area contributed by atoms with Gasteiger partial charge in [-0.1, -0.05) is 55.7 Å². The summed E-state index contributed by atoms with van der Waals surface area (Å²) >= 11 is 0. The van der Waals surface area contributed by atoms with E-state index in [4.69, 9.17) is 0 Å². The lowest BCUT2D eigenvalue weighted by Crippen LogP contribution is -2.52. The van der Waals surface area contributed by atoms with Crippen LogP contribution in [0.1, 0.15) is 37.7 Å². The van der Waals surface area contributed by atoms with E-state index in [-0.39, 0.29) is 18.4 Å². The van der Waals surface area contributed by atoms with Crippen molar-refractivity contribution in [1.29, 1.82) is 0 Å². The molecule has 1 aliphatic carbocycles. The van der Waals surface area contributed by atoms with Gasteiger partial charge < -0.3 is 5.32 Å². The van der Waals surface area contributed by atoms with Gasteiger partial charge in [-0.25, -0.2) is 4.79 Å². The zero-order valence-corrected chi connectivity index (χ0v) is 16.6. The predicted molar refractivity (Wildman–Crippen MR) is 110 cm³/mol. The van der Waals surface area contributed by atoms with Gasteiger partial charge in [-0.3, -0.25) is 19.9 Å². The van der Waals surface area contributed by atoms with Crippen LogP contribution in [0.2, 0.25) is 0 Å². The Labute approximate surface area is 170 Å². The van der Waals surface area contributed by atoms with Crippen molar-refractivity contribution >= 4 is 28.6 Å². The molecule has 0 atom stereocenters. The zero-order valence-electron chi connectivity index (χ0n) is 16.6. The molecule has 7 nitrogen and oxygen atoms in total. The number of nitrogens with zero attached hydrogens (tertiary/aromatic N) is 2.